The molecule has 2 rings (SSSR count). The predicted molar refractivity (Wildman–Crippen MR) is 52.6 cm³/mol. The van der Waals surface area contributed by atoms with Crippen LogP contribution in [0.1, 0.15) is 29.4 Å². The molecular weight excluding hydrogens is 196 g/mol. The molecule has 6 nitrogen and oxygen atoms in total. The number of hydrogen-bond donors (Lipinski definition) is 1. The molecule has 1 N–H and O–H groups in total. The molecular formula is C9H12N4O2. The summed E-state index contributed by atoms with van der Waals surface area (Å²) in [5, 5.41) is 10.5. The second-order valence-corrected chi connectivity index (χ2v) is 3.27. The first-order chi connectivity index (χ1) is 7.24. The fourth-order valence-electron chi connectivity index (χ4n) is 1.40. The molecule has 15 heavy (non-hydrogen) atoms. The SMILES string of the molecule is CCCOC(=O)c1c(C)[nH]n2cnnc12. The van der Waals surface area contributed by atoms with Gasteiger partial charge in [-0.15, -0.1) is 10.2 Å². The summed E-state index contributed by atoms with van der Waals surface area (Å²) in [6, 6.07) is 0. The van der Waals surface area contributed by atoms with Crippen molar-refractivity contribution < 1.29 is 9.53 Å². The molecule has 0 spiro atoms. The Balaban J connectivity index is 2.36. The second kappa shape index (κ2) is 3.72. The normalized spacial score (nSPS) is 10.8. The molecule has 0 unspecified atom stereocenters. The van der Waals surface area contributed by atoms with Crippen LogP contribution in [-0.4, -0.2) is 32.4 Å². The quantitative estimate of drug-likeness (QED) is 0.761. The van der Waals surface area contributed by atoms with Gasteiger partial charge >= 0.3 is 5.97 Å². The highest BCUT2D eigenvalue weighted by atomic mass is 16.5. The standard InChI is InChI=1S/C9H12N4O2/c1-3-4-15-9(14)7-6(2)12-13-5-10-11-8(7)13/h5,12H,3-4H2,1-2H3. The third-order valence-electron chi connectivity index (χ3n) is 2.08. The molecule has 2 aromatic rings. The molecule has 6 heteroatoms. The van der Waals surface area contributed by atoms with Gasteiger partial charge < -0.3 is 4.74 Å². The van der Waals surface area contributed by atoms with Crippen LogP contribution in [0.25, 0.3) is 5.65 Å². The third-order valence-corrected chi connectivity index (χ3v) is 2.08. The Morgan fingerprint density at radius 2 is 2.47 bits per heavy atom. The Hall–Kier alpha value is -1.85. The number of H-pyrrole nitrogens is 1. The number of carbonyl (C=O) groups excluding carboxylic acids is 1. The van der Waals surface area contributed by atoms with E-state index in [9.17, 15) is 4.79 Å². The Kier molecular flexibility index (Phi) is 2.40. The molecule has 0 amide bonds. The van der Waals surface area contributed by atoms with Crippen molar-refractivity contribution in [3.05, 3.63) is 17.6 Å². The average Bonchev–Trinajstić information content (AvgIpc) is 2.73. The van der Waals surface area contributed by atoms with Crippen LogP contribution in [0.15, 0.2) is 6.33 Å². The first kappa shape index (κ1) is 9.70. The molecule has 0 atom stereocenters. The summed E-state index contributed by atoms with van der Waals surface area (Å²) in [5.74, 6) is -0.353. The summed E-state index contributed by atoms with van der Waals surface area (Å²) in [7, 11) is 0. The van der Waals surface area contributed by atoms with Gasteiger partial charge in [0.1, 0.15) is 11.9 Å². The molecule has 0 fully saturated rings. The van der Waals surface area contributed by atoms with Crippen molar-refractivity contribution >= 4 is 11.6 Å². The maximum atomic E-state index is 11.7. The maximum Gasteiger partial charge on any atom is 0.343 e. The van der Waals surface area contributed by atoms with E-state index in [1.165, 1.54) is 6.33 Å². The van der Waals surface area contributed by atoms with Crippen LogP contribution >= 0.6 is 0 Å². The molecule has 0 saturated carbocycles. The summed E-state index contributed by atoms with van der Waals surface area (Å²) in [4.78, 5) is 11.7. The number of aryl methyl sites for hydroxylation is 1. The minimum absolute atomic E-state index is 0.353. The summed E-state index contributed by atoms with van der Waals surface area (Å²) in [6.45, 7) is 4.17. The number of esters is 1. The van der Waals surface area contributed by atoms with Gasteiger partial charge in [-0.2, -0.15) is 0 Å². The van der Waals surface area contributed by atoms with Gasteiger partial charge in [0, 0.05) is 5.69 Å². The number of carbonyl (C=O) groups is 1. The van der Waals surface area contributed by atoms with Gasteiger partial charge in [0.05, 0.1) is 6.61 Å². The topological polar surface area (TPSA) is 72.3 Å². The van der Waals surface area contributed by atoms with Crippen molar-refractivity contribution in [1.29, 1.82) is 0 Å². The first-order valence-electron chi connectivity index (χ1n) is 4.79. The molecule has 0 aliphatic carbocycles. The Morgan fingerprint density at radius 1 is 1.67 bits per heavy atom. The van der Waals surface area contributed by atoms with Crippen molar-refractivity contribution in [2.45, 2.75) is 20.3 Å². The largest absolute Gasteiger partial charge is 0.462 e. The van der Waals surface area contributed by atoms with Crippen molar-refractivity contribution in [2.24, 2.45) is 0 Å². The highest BCUT2D eigenvalue weighted by Gasteiger charge is 2.19. The summed E-state index contributed by atoms with van der Waals surface area (Å²) >= 11 is 0. The highest BCUT2D eigenvalue weighted by Crippen LogP contribution is 2.13. The molecule has 0 aliphatic heterocycles. The summed E-state index contributed by atoms with van der Waals surface area (Å²) in [5.41, 5.74) is 1.70. The van der Waals surface area contributed by atoms with Gasteiger partial charge in [-0.05, 0) is 13.3 Å². The number of aromatic amines is 1. The highest BCUT2D eigenvalue weighted by molar-refractivity contribution is 5.97. The first-order valence-corrected chi connectivity index (χ1v) is 4.79. The monoisotopic (exact) mass is 208 g/mol. The molecule has 0 radical (unpaired) electrons. The van der Waals surface area contributed by atoms with E-state index in [1.807, 2.05) is 6.92 Å². The van der Waals surface area contributed by atoms with Crippen LogP contribution in [0.5, 0.6) is 0 Å². The molecule has 2 heterocycles. The zero-order valence-corrected chi connectivity index (χ0v) is 8.65. The molecule has 2 aromatic heterocycles. The van der Waals surface area contributed by atoms with E-state index in [2.05, 4.69) is 15.3 Å². The van der Waals surface area contributed by atoms with Crippen LogP contribution < -0.4 is 0 Å². The Labute approximate surface area is 86.2 Å². The van der Waals surface area contributed by atoms with Crippen molar-refractivity contribution in [3.8, 4) is 0 Å². The number of nitrogens with zero attached hydrogens (tertiary/aromatic N) is 3. The van der Waals surface area contributed by atoms with Gasteiger partial charge in [-0.25, -0.2) is 9.31 Å². The lowest BCUT2D eigenvalue weighted by Crippen LogP contribution is -2.07. The Morgan fingerprint density at radius 3 is 3.20 bits per heavy atom. The summed E-state index contributed by atoms with van der Waals surface area (Å²) < 4.78 is 6.65. The van der Waals surface area contributed by atoms with E-state index in [0.29, 0.717) is 17.8 Å². The minimum Gasteiger partial charge on any atom is -0.462 e. The predicted octanol–water partition coefficient (Wildman–Crippen LogP) is 0.933. The molecule has 0 aromatic carbocycles. The van der Waals surface area contributed by atoms with Gasteiger partial charge in [-0.1, -0.05) is 6.92 Å². The minimum atomic E-state index is -0.353. The second-order valence-electron chi connectivity index (χ2n) is 3.27. The zero-order valence-electron chi connectivity index (χ0n) is 8.65. The van der Waals surface area contributed by atoms with E-state index in [4.69, 9.17) is 4.74 Å². The number of hydrogen-bond acceptors (Lipinski definition) is 4. The lowest BCUT2D eigenvalue weighted by atomic mass is 10.2. The number of ether oxygens (including phenoxy) is 1. The number of aromatic nitrogens is 4. The van der Waals surface area contributed by atoms with Crippen LogP contribution in [0.2, 0.25) is 0 Å². The smallest absolute Gasteiger partial charge is 0.343 e. The molecule has 0 saturated heterocycles. The van der Waals surface area contributed by atoms with Crippen molar-refractivity contribution in [2.75, 3.05) is 6.61 Å². The fraction of sp³-hybridized carbons (Fsp3) is 0.444. The van der Waals surface area contributed by atoms with Gasteiger partial charge in [0.25, 0.3) is 0 Å². The van der Waals surface area contributed by atoms with Crippen molar-refractivity contribution in [1.82, 2.24) is 19.8 Å². The van der Waals surface area contributed by atoms with Crippen LogP contribution in [0, 0.1) is 6.92 Å². The number of nitrogens with one attached hydrogen (secondary N) is 1. The van der Waals surface area contributed by atoms with E-state index in [1.54, 1.807) is 11.4 Å². The van der Waals surface area contributed by atoms with Gasteiger partial charge in [0.2, 0.25) is 0 Å². The van der Waals surface area contributed by atoms with E-state index >= 15 is 0 Å². The number of fused-ring (bicyclic) bond motifs is 1. The van der Waals surface area contributed by atoms with Gasteiger partial charge in [0.15, 0.2) is 5.65 Å². The van der Waals surface area contributed by atoms with E-state index < -0.39 is 0 Å². The molecule has 0 aliphatic rings. The lowest BCUT2D eigenvalue weighted by molar-refractivity contribution is 0.0506. The molecule has 80 valence electrons. The zero-order chi connectivity index (χ0) is 10.8. The summed E-state index contributed by atoms with van der Waals surface area (Å²) in [6.07, 6.45) is 2.32. The Bertz CT molecular complexity index is 485. The van der Waals surface area contributed by atoms with Crippen LogP contribution in [-0.2, 0) is 4.74 Å². The van der Waals surface area contributed by atoms with Crippen LogP contribution in [0.3, 0.4) is 0 Å². The molecule has 0 bridgehead atoms. The van der Waals surface area contributed by atoms with E-state index in [-0.39, 0.29) is 5.97 Å². The number of rotatable bonds is 3. The fourth-order valence-corrected chi connectivity index (χ4v) is 1.40. The van der Waals surface area contributed by atoms with Gasteiger partial charge in [-0.3, -0.25) is 5.10 Å². The lowest BCUT2D eigenvalue weighted by Gasteiger charge is -2.00. The average molecular weight is 208 g/mol. The third kappa shape index (κ3) is 1.58. The van der Waals surface area contributed by atoms with E-state index in [0.717, 1.165) is 12.1 Å². The van der Waals surface area contributed by atoms with Crippen molar-refractivity contribution in [3.63, 3.8) is 0 Å². The van der Waals surface area contributed by atoms with Crippen LogP contribution in [0.4, 0.5) is 0 Å². The maximum absolute atomic E-state index is 11.7.